The van der Waals surface area contributed by atoms with Crippen LogP contribution in [0.15, 0.2) is 23.1 Å². The van der Waals surface area contributed by atoms with Crippen LogP contribution in [0.5, 0.6) is 0 Å². The highest BCUT2D eigenvalue weighted by Crippen LogP contribution is 2.21. The van der Waals surface area contributed by atoms with E-state index in [4.69, 9.17) is 4.74 Å². The van der Waals surface area contributed by atoms with E-state index in [1.54, 1.807) is 7.11 Å². The van der Waals surface area contributed by atoms with E-state index in [9.17, 15) is 13.6 Å². The Morgan fingerprint density at radius 1 is 1.50 bits per heavy atom. The highest BCUT2D eigenvalue weighted by Gasteiger charge is 2.10. The molecule has 3 nitrogen and oxygen atoms in total. The second-order valence-corrected chi connectivity index (χ2v) is 4.80. The van der Waals surface area contributed by atoms with Gasteiger partial charge >= 0.3 is 0 Å². The van der Waals surface area contributed by atoms with Gasteiger partial charge in [-0.05, 0) is 19.1 Å². The first-order chi connectivity index (χ1) is 8.52. The fraction of sp³-hybridized carbons (Fsp3) is 0.417. The molecular formula is C12H15F2NO2S. The zero-order valence-corrected chi connectivity index (χ0v) is 11.0. The van der Waals surface area contributed by atoms with E-state index in [1.165, 1.54) is 6.07 Å². The molecule has 1 N–H and O–H groups in total. The first kappa shape index (κ1) is 14.9. The molecule has 100 valence electrons. The van der Waals surface area contributed by atoms with Gasteiger partial charge in [-0.25, -0.2) is 8.78 Å². The van der Waals surface area contributed by atoms with Crippen molar-refractivity contribution < 1.29 is 18.3 Å². The Hall–Kier alpha value is -1.14. The quantitative estimate of drug-likeness (QED) is 0.809. The van der Waals surface area contributed by atoms with E-state index in [1.807, 2.05) is 6.92 Å². The van der Waals surface area contributed by atoms with Crippen LogP contribution in [0, 0.1) is 11.6 Å². The van der Waals surface area contributed by atoms with Crippen molar-refractivity contribution in [2.24, 2.45) is 0 Å². The Labute approximate surface area is 109 Å². The fourth-order valence-electron chi connectivity index (χ4n) is 1.34. The lowest BCUT2D eigenvalue weighted by Crippen LogP contribution is -2.36. The first-order valence-electron chi connectivity index (χ1n) is 5.39. The van der Waals surface area contributed by atoms with Crippen LogP contribution in [-0.4, -0.2) is 31.4 Å². The molecule has 1 rings (SSSR count). The molecule has 0 saturated carbocycles. The molecule has 0 bridgehead atoms. The molecule has 6 heteroatoms. The number of carbonyl (C=O) groups is 1. The largest absolute Gasteiger partial charge is 0.383 e. The number of carbonyl (C=O) groups excluding carboxylic acids is 1. The second-order valence-electron chi connectivity index (χ2n) is 3.79. The molecule has 0 aromatic heterocycles. The van der Waals surface area contributed by atoms with Gasteiger partial charge in [-0.1, -0.05) is 0 Å². The monoisotopic (exact) mass is 275 g/mol. The number of thioether (sulfide) groups is 1. The second kappa shape index (κ2) is 7.33. The minimum Gasteiger partial charge on any atom is -0.383 e. The Morgan fingerprint density at radius 3 is 2.83 bits per heavy atom. The molecular weight excluding hydrogens is 260 g/mol. The molecule has 0 spiro atoms. The van der Waals surface area contributed by atoms with Crippen molar-refractivity contribution in [1.82, 2.24) is 5.32 Å². The summed E-state index contributed by atoms with van der Waals surface area (Å²) in [6, 6.07) is 3.19. The molecule has 1 amide bonds. The number of methoxy groups -OCH3 is 1. The van der Waals surface area contributed by atoms with Gasteiger partial charge < -0.3 is 10.1 Å². The summed E-state index contributed by atoms with van der Waals surface area (Å²) < 4.78 is 30.8. The summed E-state index contributed by atoms with van der Waals surface area (Å²) in [5, 5.41) is 2.70. The average Bonchev–Trinajstić information content (AvgIpc) is 2.28. The summed E-state index contributed by atoms with van der Waals surface area (Å²) in [5.74, 6) is -1.42. The zero-order valence-electron chi connectivity index (χ0n) is 10.2. The SMILES string of the molecule is COCC(C)NC(=O)CSc1ccc(F)cc1F. The van der Waals surface area contributed by atoms with Crippen LogP contribution in [0.3, 0.4) is 0 Å². The van der Waals surface area contributed by atoms with Crippen molar-refractivity contribution in [2.45, 2.75) is 17.9 Å². The lowest BCUT2D eigenvalue weighted by Gasteiger charge is -2.12. The molecule has 1 aromatic rings. The van der Waals surface area contributed by atoms with E-state index in [2.05, 4.69) is 5.32 Å². The number of hydrogen-bond acceptors (Lipinski definition) is 3. The van der Waals surface area contributed by atoms with Gasteiger partial charge in [0.1, 0.15) is 11.6 Å². The number of rotatable bonds is 6. The van der Waals surface area contributed by atoms with Gasteiger partial charge in [0.2, 0.25) is 5.91 Å². The normalized spacial score (nSPS) is 12.2. The molecule has 1 unspecified atom stereocenters. The number of nitrogens with one attached hydrogen (secondary N) is 1. The number of halogens is 2. The Bertz CT molecular complexity index is 415. The Morgan fingerprint density at radius 2 is 2.22 bits per heavy atom. The third kappa shape index (κ3) is 5.01. The van der Waals surface area contributed by atoms with Crippen molar-refractivity contribution >= 4 is 17.7 Å². The van der Waals surface area contributed by atoms with E-state index < -0.39 is 11.6 Å². The summed E-state index contributed by atoms with van der Waals surface area (Å²) in [5.41, 5.74) is 0. The molecule has 1 atom stereocenters. The van der Waals surface area contributed by atoms with Gasteiger partial charge in [-0.2, -0.15) is 0 Å². The summed E-state index contributed by atoms with van der Waals surface area (Å²) in [4.78, 5) is 11.8. The summed E-state index contributed by atoms with van der Waals surface area (Å²) >= 11 is 1.03. The molecule has 0 aliphatic carbocycles. The van der Waals surface area contributed by atoms with Gasteiger partial charge in [-0.3, -0.25) is 4.79 Å². The van der Waals surface area contributed by atoms with Gasteiger partial charge in [0.15, 0.2) is 0 Å². The number of amides is 1. The topological polar surface area (TPSA) is 38.3 Å². The van der Waals surface area contributed by atoms with Crippen LogP contribution in [-0.2, 0) is 9.53 Å². The van der Waals surface area contributed by atoms with Gasteiger partial charge in [0, 0.05) is 24.1 Å². The minimum atomic E-state index is -0.655. The highest BCUT2D eigenvalue weighted by atomic mass is 32.2. The predicted molar refractivity (Wildman–Crippen MR) is 66.6 cm³/mol. The first-order valence-corrected chi connectivity index (χ1v) is 6.37. The van der Waals surface area contributed by atoms with Crippen LogP contribution >= 0.6 is 11.8 Å². The standard InChI is InChI=1S/C12H15F2NO2S/c1-8(6-17-2)15-12(16)7-18-11-4-3-9(13)5-10(11)14/h3-5,8H,6-7H2,1-2H3,(H,15,16). The zero-order chi connectivity index (χ0) is 13.5. The van der Waals surface area contributed by atoms with Crippen molar-refractivity contribution in [1.29, 1.82) is 0 Å². The molecule has 0 aliphatic rings. The van der Waals surface area contributed by atoms with Crippen LogP contribution < -0.4 is 5.32 Å². The average molecular weight is 275 g/mol. The molecule has 0 fully saturated rings. The van der Waals surface area contributed by atoms with E-state index in [0.717, 1.165) is 23.9 Å². The van der Waals surface area contributed by atoms with Crippen LogP contribution in [0.25, 0.3) is 0 Å². The minimum absolute atomic E-state index is 0.0800. The van der Waals surface area contributed by atoms with Crippen molar-refractivity contribution in [2.75, 3.05) is 19.5 Å². The maximum Gasteiger partial charge on any atom is 0.230 e. The fourth-order valence-corrected chi connectivity index (χ4v) is 2.07. The molecule has 1 aromatic carbocycles. The molecule has 0 radical (unpaired) electrons. The summed E-state index contributed by atoms with van der Waals surface area (Å²) in [6.07, 6.45) is 0. The Balaban J connectivity index is 2.42. The van der Waals surface area contributed by atoms with Crippen LogP contribution in [0.1, 0.15) is 6.92 Å². The molecule has 0 saturated heterocycles. The predicted octanol–water partition coefficient (Wildman–Crippen LogP) is 2.21. The third-order valence-corrected chi connectivity index (χ3v) is 3.13. The van der Waals surface area contributed by atoms with Crippen molar-refractivity contribution in [3.8, 4) is 0 Å². The highest BCUT2D eigenvalue weighted by molar-refractivity contribution is 8.00. The van der Waals surface area contributed by atoms with E-state index in [-0.39, 0.29) is 22.6 Å². The van der Waals surface area contributed by atoms with Crippen molar-refractivity contribution in [3.63, 3.8) is 0 Å². The smallest absolute Gasteiger partial charge is 0.230 e. The van der Waals surface area contributed by atoms with Gasteiger partial charge in [0.25, 0.3) is 0 Å². The number of hydrogen-bond donors (Lipinski definition) is 1. The number of ether oxygens (including phenoxy) is 1. The van der Waals surface area contributed by atoms with Crippen LogP contribution in [0.2, 0.25) is 0 Å². The van der Waals surface area contributed by atoms with E-state index in [0.29, 0.717) is 6.61 Å². The molecule has 0 aliphatic heterocycles. The maximum absolute atomic E-state index is 13.3. The lowest BCUT2D eigenvalue weighted by molar-refractivity contribution is -0.119. The molecule has 18 heavy (non-hydrogen) atoms. The van der Waals surface area contributed by atoms with E-state index >= 15 is 0 Å². The number of benzene rings is 1. The third-order valence-electron chi connectivity index (χ3n) is 2.08. The molecule has 0 heterocycles. The van der Waals surface area contributed by atoms with Gasteiger partial charge in [0.05, 0.1) is 12.4 Å². The summed E-state index contributed by atoms with van der Waals surface area (Å²) in [6.45, 7) is 2.23. The lowest BCUT2D eigenvalue weighted by atomic mass is 10.3. The van der Waals surface area contributed by atoms with Crippen LogP contribution in [0.4, 0.5) is 8.78 Å². The maximum atomic E-state index is 13.3. The summed E-state index contributed by atoms with van der Waals surface area (Å²) in [7, 11) is 1.55. The Kier molecular flexibility index (Phi) is 6.07. The van der Waals surface area contributed by atoms with Crippen molar-refractivity contribution in [3.05, 3.63) is 29.8 Å². The van der Waals surface area contributed by atoms with Gasteiger partial charge in [-0.15, -0.1) is 11.8 Å².